The summed E-state index contributed by atoms with van der Waals surface area (Å²) in [6.07, 6.45) is 2.88. The molecule has 5 nitrogen and oxygen atoms in total. The minimum Gasteiger partial charge on any atom is -0.480 e. The lowest BCUT2D eigenvalue weighted by Gasteiger charge is -2.15. The number of rotatable bonds is 6. The topological polar surface area (TPSA) is 78.4 Å². The number of nitrogens with one attached hydrogen (secondary N) is 2. The Kier molecular flexibility index (Phi) is 4.58. The first kappa shape index (κ1) is 12.8. The molecule has 3 N–H and O–H groups in total. The van der Waals surface area contributed by atoms with E-state index in [0.29, 0.717) is 18.9 Å². The fourth-order valence-corrected chi connectivity index (χ4v) is 1.63. The van der Waals surface area contributed by atoms with Crippen molar-refractivity contribution in [3.05, 3.63) is 0 Å². The van der Waals surface area contributed by atoms with Crippen molar-refractivity contribution >= 4 is 12.0 Å². The zero-order valence-corrected chi connectivity index (χ0v) is 9.82. The smallest absolute Gasteiger partial charge is 0.326 e. The van der Waals surface area contributed by atoms with E-state index in [1.54, 1.807) is 6.92 Å². The molecule has 0 aromatic carbocycles. The summed E-state index contributed by atoms with van der Waals surface area (Å²) < 4.78 is 0. The van der Waals surface area contributed by atoms with Crippen LogP contribution in [-0.2, 0) is 4.79 Å². The van der Waals surface area contributed by atoms with Gasteiger partial charge in [-0.25, -0.2) is 9.59 Å². The zero-order valence-electron chi connectivity index (χ0n) is 9.82. The molecule has 16 heavy (non-hydrogen) atoms. The van der Waals surface area contributed by atoms with E-state index >= 15 is 0 Å². The third kappa shape index (κ3) is 4.08. The Hall–Kier alpha value is -1.26. The molecule has 1 fully saturated rings. The van der Waals surface area contributed by atoms with Gasteiger partial charge in [0.1, 0.15) is 6.04 Å². The van der Waals surface area contributed by atoms with E-state index in [-0.39, 0.29) is 6.03 Å². The summed E-state index contributed by atoms with van der Waals surface area (Å²) in [5, 5.41) is 13.9. The summed E-state index contributed by atoms with van der Waals surface area (Å²) in [7, 11) is 0. The number of carbonyl (C=O) groups is 2. The molecular weight excluding hydrogens is 208 g/mol. The van der Waals surface area contributed by atoms with Crippen LogP contribution in [0.1, 0.15) is 33.1 Å². The summed E-state index contributed by atoms with van der Waals surface area (Å²) >= 11 is 0. The number of urea groups is 1. The van der Waals surface area contributed by atoms with Gasteiger partial charge in [-0.1, -0.05) is 13.8 Å². The van der Waals surface area contributed by atoms with Gasteiger partial charge in [0.25, 0.3) is 0 Å². The Bertz CT molecular complexity index is 264. The van der Waals surface area contributed by atoms with Crippen LogP contribution in [0.4, 0.5) is 4.79 Å². The van der Waals surface area contributed by atoms with Gasteiger partial charge in [-0.3, -0.25) is 0 Å². The van der Waals surface area contributed by atoms with E-state index in [0.717, 1.165) is 5.92 Å². The van der Waals surface area contributed by atoms with E-state index < -0.39 is 12.0 Å². The second-order valence-corrected chi connectivity index (χ2v) is 4.47. The van der Waals surface area contributed by atoms with Crippen molar-refractivity contribution in [3.8, 4) is 0 Å². The molecule has 0 bridgehead atoms. The van der Waals surface area contributed by atoms with Crippen LogP contribution in [0, 0.1) is 11.8 Å². The monoisotopic (exact) mass is 228 g/mol. The molecule has 0 saturated heterocycles. The van der Waals surface area contributed by atoms with Gasteiger partial charge in [-0.15, -0.1) is 0 Å². The highest BCUT2D eigenvalue weighted by atomic mass is 16.4. The van der Waals surface area contributed by atoms with Crippen LogP contribution in [0.25, 0.3) is 0 Å². The zero-order chi connectivity index (χ0) is 12.1. The standard InChI is InChI=1S/C11H20N2O3/c1-3-9(10(14)15)13-11(16)12-6-7(2)8-4-5-8/h7-9H,3-6H2,1-2H3,(H,14,15)(H2,12,13,16)/t7?,9-/m1/s1. The van der Waals surface area contributed by atoms with Crippen molar-refractivity contribution in [1.29, 1.82) is 0 Å². The lowest BCUT2D eigenvalue weighted by Crippen LogP contribution is -2.46. The van der Waals surface area contributed by atoms with Crippen LogP contribution in [0.5, 0.6) is 0 Å². The number of hydrogen-bond donors (Lipinski definition) is 3. The summed E-state index contributed by atoms with van der Waals surface area (Å²) in [6, 6.07) is -1.18. The van der Waals surface area contributed by atoms with Gasteiger partial charge in [0.2, 0.25) is 0 Å². The summed E-state index contributed by atoms with van der Waals surface area (Å²) in [4.78, 5) is 22.1. The maximum absolute atomic E-state index is 11.4. The summed E-state index contributed by atoms with van der Waals surface area (Å²) in [6.45, 7) is 4.45. The van der Waals surface area contributed by atoms with Gasteiger partial charge in [-0.05, 0) is 31.1 Å². The maximum Gasteiger partial charge on any atom is 0.326 e. The van der Waals surface area contributed by atoms with E-state index in [1.165, 1.54) is 12.8 Å². The Labute approximate surface area is 95.6 Å². The first-order valence-corrected chi connectivity index (χ1v) is 5.81. The van der Waals surface area contributed by atoms with Crippen molar-refractivity contribution in [2.24, 2.45) is 11.8 Å². The molecule has 1 saturated carbocycles. The van der Waals surface area contributed by atoms with Crippen molar-refractivity contribution in [3.63, 3.8) is 0 Å². The predicted octanol–water partition coefficient (Wildman–Crippen LogP) is 1.19. The van der Waals surface area contributed by atoms with Gasteiger partial charge in [0, 0.05) is 6.54 Å². The number of carboxylic acid groups (broad SMARTS) is 1. The lowest BCUT2D eigenvalue weighted by atomic mass is 10.1. The van der Waals surface area contributed by atoms with Crippen LogP contribution in [-0.4, -0.2) is 29.7 Å². The maximum atomic E-state index is 11.4. The van der Waals surface area contributed by atoms with Gasteiger partial charge in [0.05, 0.1) is 0 Å². The molecule has 5 heteroatoms. The summed E-state index contributed by atoms with van der Waals surface area (Å²) in [5.74, 6) is 0.227. The second-order valence-electron chi connectivity index (χ2n) is 4.47. The van der Waals surface area contributed by atoms with E-state index in [4.69, 9.17) is 5.11 Å². The summed E-state index contributed by atoms with van der Waals surface area (Å²) in [5.41, 5.74) is 0. The lowest BCUT2D eigenvalue weighted by molar-refractivity contribution is -0.139. The Morgan fingerprint density at radius 2 is 2.06 bits per heavy atom. The number of amides is 2. The van der Waals surface area contributed by atoms with E-state index in [2.05, 4.69) is 17.6 Å². The molecule has 0 aliphatic heterocycles. The number of carbonyl (C=O) groups excluding carboxylic acids is 1. The highest BCUT2D eigenvalue weighted by Crippen LogP contribution is 2.35. The second kappa shape index (κ2) is 5.72. The highest BCUT2D eigenvalue weighted by molar-refractivity contribution is 5.82. The molecule has 92 valence electrons. The molecule has 1 aliphatic carbocycles. The fraction of sp³-hybridized carbons (Fsp3) is 0.818. The molecule has 0 heterocycles. The average Bonchev–Trinajstić information content (AvgIpc) is 3.05. The molecule has 0 spiro atoms. The number of hydrogen-bond acceptors (Lipinski definition) is 2. The van der Waals surface area contributed by atoms with Gasteiger partial charge in [-0.2, -0.15) is 0 Å². The highest BCUT2D eigenvalue weighted by Gasteiger charge is 2.28. The molecule has 1 unspecified atom stereocenters. The van der Waals surface area contributed by atoms with E-state index in [9.17, 15) is 9.59 Å². The van der Waals surface area contributed by atoms with Crippen LogP contribution in [0.2, 0.25) is 0 Å². The predicted molar refractivity (Wildman–Crippen MR) is 60.1 cm³/mol. The van der Waals surface area contributed by atoms with Gasteiger partial charge < -0.3 is 15.7 Å². The molecular formula is C11H20N2O3. The SMILES string of the molecule is CC[C@@H](NC(=O)NCC(C)C1CC1)C(=O)O. The van der Waals surface area contributed by atoms with Crippen LogP contribution in [0.15, 0.2) is 0 Å². The van der Waals surface area contributed by atoms with Crippen LogP contribution >= 0.6 is 0 Å². The molecule has 2 atom stereocenters. The van der Waals surface area contributed by atoms with Crippen molar-refractivity contribution < 1.29 is 14.7 Å². The van der Waals surface area contributed by atoms with Crippen molar-refractivity contribution in [2.75, 3.05) is 6.54 Å². The molecule has 0 aromatic rings. The fourth-order valence-electron chi connectivity index (χ4n) is 1.63. The largest absolute Gasteiger partial charge is 0.480 e. The molecule has 0 aromatic heterocycles. The third-order valence-corrected chi connectivity index (χ3v) is 3.02. The normalized spacial score (nSPS) is 18.6. The van der Waals surface area contributed by atoms with Gasteiger partial charge in [0.15, 0.2) is 0 Å². The Morgan fingerprint density at radius 3 is 2.50 bits per heavy atom. The molecule has 2 amide bonds. The molecule has 1 aliphatic rings. The van der Waals surface area contributed by atoms with Gasteiger partial charge >= 0.3 is 12.0 Å². The average molecular weight is 228 g/mol. The van der Waals surface area contributed by atoms with E-state index in [1.807, 2.05) is 0 Å². The first-order valence-electron chi connectivity index (χ1n) is 5.81. The Morgan fingerprint density at radius 1 is 1.44 bits per heavy atom. The van der Waals surface area contributed by atoms with Crippen molar-refractivity contribution in [2.45, 2.75) is 39.2 Å². The molecule has 1 rings (SSSR count). The third-order valence-electron chi connectivity index (χ3n) is 3.02. The quantitative estimate of drug-likeness (QED) is 0.639. The minimum absolute atomic E-state index is 0.387. The number of carboxylic acids is 1. The number of aliphatic carboxylic acids is 1. The van der Waals surface area contributed by atoms with Crippen LogP contribution in [0.3, 0.4) is 0 Å². The Balaban J connectivity index is 2.20. The first-order chi connectivity index (χ1) is 7.54. The van der Waals surface area contributed by atoms with Crippen molar-refractivity contribution in [1.82, 2.24) is 10.6 Å². The minimum atomic E-state index is -0.993. The van der Waals surface area contributed by atoms with Crippen LogP contribution < -0.4 is 10.6 Å². The molecule has 0 radical (unpaired) electrons.